The van der Waals surface area contributed by atoms with Crippen molar-refractivity contribution in [2.75, 3.05) is 0 Å². The molecule has 20 heavy (non-hydrogen) atoms. The van der Waals surface area contributed by atoms with Gasteiger partial charge >= 0.3 is 0 Å². The first-order valence-electron chi connectivity index (χ1n) is 6.59. The Labute approximate surface area is 115 Å². The highest BCUT2D eigenvalue weighted by Crippen LogP contribution is 2.23. The van der Waals surface area contributed by atoms with Crippen LogP contribution in [0.1, 0.15) is 24.2 Å². The molecule has 0 spiro atoms. The lowest BCUT2D eigenvalue weighted by molar-refractivity contribution is 0.253. The summed E-state index contributed by atoms with van der Waals surface area (Å²) in [4.78, 5) is 0. The summed E-state index contributed by atoms with van der Waals surface area (Å²) in [5.41, 5.74) is 0.980. The maximum atomic E-state index is 13.5. The topological polar surface area (TPSA) is 34.4 Å². The van der Waals surface area contributed by atoms with Crippen LogP contribution in [0.2, 0.25) is 0 Å². The lowest BCUT2D eigenvalue weighted by atomic mass is 10.2. The molecule has 0 bridgehead atoms. The van der Waals surface area contributed by atoms with Gasteiger partial charge in [-0.15, -0.1) is 0 Å². The number of ether oxygens (including phenoxy) is 1. The van der Waals surface area contributed by atoms with Crippen molar-refractivity contribution in [1.82, 2.24) is 5.32 Å². The molecule has 0 aliphatic heterocycles. The minimum Gasteiger partial charge on any atom is -0.482 e. The molecule has 106 valence electrons. The van der Waals surface area contributed by atoms with Crippen molar-refractivity contribution in [3.05, 3.63) is 53.5 Å². The summed E-state index contributed by atoms with van der Waals surface area (Å²) in [5, 5.41) is 3.37. The second-order valence-corrected chi connectivity index (χ2v) is 4.86. The fourth-order valence-corrected chi connectivity index (χ4v) is 1.93. The molecule has 1 saturated carbocycles. The van der Waals surface area contributed by atoms with E-state index in [2.05, 4.69) is 5.32 Å². The molecule has 1 aliphatic carbocycles. The van der Waals surface area contributed by atoms with Gasteiger partial charge < -0.3 is 14.5 Å². The zero-order valence-electron chi connectivity index (χ0n) is 10.9. The summed E-state index contributed by atoms with van der Waals surface area (Å²) < 4.78 is 37.1. The van der Waals surface area contributed by atoms with Gasteiger partial charge in [-0.1, -0.05) is 6.07 Å². The van der Waals surface area contributed by atoms with Gasteiger partial charge in [0.2, 0.25) is 5.82 Å². The third kappa shape index (κ3) is 2.99. The minimum absolute atomic E-state index is 0.0784. The molecule has 1 heterocycles. The SMILES string of the molecule is Fc1cccc(OCc2occc2CNC2CC2)c1F. The third-order valence-electron chi connectivity index (χ3n) is 3.27. The summed E-state index contributed by atoms with van der Waals surface area (Å²) in [5.74, 6) is -1.38. The normalized spacial score (nSPS) is 14.5. The van der Waals surface area contributed by atoms with E-state index in [1.807, 2.05) is 6.07 Å². The standard InChI is InChI=1S/C15H15F2NO2/c16-12-2-1-3-13(15(12)17)20-9-14-10(6-7-19-14)8-18-11-4-5-11/h1-3,6-7,11,18H,4-5,8-9H2. The molecule has 1 aromatic carbocycles. The second kappa shape index (κ2) is 5.63. The van der Waals surface area contributed by atoms with E-state index in [-0.39, 0.29) is 12.4 Å². The van der Waals surface area contributed by atoms with Crippen LogP contribution in [-0.4, -0.2) is 6.04 Å². The Morgan fingerprint density at radius 3 is 2.90 bits per heavy atom. The molecule has 1 N–H and O–H groups in total. The van der Waals surface area contributed by atoms with E-state index < -0.39 is 11.6 Å². The number of hydrogen-bond acceptors (Lipinski definition) is 3. The third-order valence-corrected chi connectivity index (χ3v) is 3.27. The van der Waals surface area contributed by atoms with Gasteiger partial charge in [0.25, 0.3) is 0 Å². The van der Waals surface area contributed by atoms with E-state index in [4.69, 9.17) is 9.15 Å². The van der Waals surface area contributed by atoms with Gasteiger partial charge in [-0.2, -0.15) is 4.39 Å². The van der Waals surface area contributed by atoms with Gasteiger partial charge in [0.1, 0.15) is 12.4 Å². The molecule has 3 rings (SSSR count). The number of furan rings is 1. The van der Waals surface area contributed by atoms with Crippen LogP contribution in [-0.2, 0) is 13.2 Å². The van der Waals surface area contributed by atoms with Gasteiger partial charge in [-0.3, -0.25) is 0 Å². The van der Waals surface area contributed by atoms with Crippen molar-refractivity contribution in [2.24, 2.45) is 0 Å². The molecule has 0 radical (unpaired) electrons. The van der Waals surface area contributed by atoms with Crippen molar-refractivity contribution < 1.29 is 17.9 Å². The zero-order chi connectivity index (χ0) is 13.9. The Balaban J connectivity index is 1.62. The van der Waals surface area contributed by atoms with Crippen molar-refractivity contribution >= 4 is 0 Å². The van der Waals surface area contributed by atoms with E-state index in [1.165, 1.54) is 25.0 Å². The first-order chi connectivity index (χ1) is 9.74. The van der Waals surface area contributed by atoms with E-state index >= 15 is 0 Å². The van der Waals surface area contributed by atoms with Crippen LogP contribution in [0.4, 0.5) is 8.78 Å². The summed E-state index contributed by atoms with van der Waals surface area (Å²) in [6.45, 7) is 0.778. The van der Waals surface area contributed by atoms with Crippen LogP contribution >= 0.6 is 0 Å². The molecule has 0 saturated heterocycles. The van der Waals surface area contributed by atoms with E-state index in [9.17, 15) is 8.78 Å². The summed E-state index contributed by atoms with van der Waals surface area (Å²) in [7, 11) is 0. The van der Waals surface area contributed by atoms with E-state index in [0.29, 0.717) is 18.3 Å². The average molecular weight is 279 g/mol. The Bertz CT molecular complexity index is 593. The highest BCUT2D eigenvalue weighted by atomic mass is 19.2. The molecule has 1 aromatic heterocycles. The minimum atomic E-state index is -0.975. The van der Waals surface area contributed by atoms with Gasteiger partial charge in [-0.25, -0.2) is 4.39 Å². The Kier molecular flexibility index (Phi) is 3.69. The van der Waals surface area contributed by atoms with Gasteiger partial charge in [0, 0.05) is 18.2 Å². The summed E-state index contributed by atoms with van der Waals surface area (Å²) >= 11 is 0. The van der Waals surface area contributed by atoms with Crippen molar-refractivity contribution in [3.8, 4) is 5.75 Å². The number of nitrogens with one attached hydrogen (secondary N) is 1. The van der Waals surface area contributed by atoms with Gasteiger partial charge in [0.05, 0.1) is 6.26 Å². The van der Waals surface area contributed by atoms with E-state index in [0.717, 1.165) is 11.6 Å². The number of rotatable bonds is 6. The fourth-order valence-electron chi connectivity index (χ4n) is 1.93. The molecule has 5 heteroatoms. The monoisotopic (exact) mass is 279 g/mol. The smallest absolute Gasteiger partial charge is 0.200 e. The highest BCUT2D eigenvalue weighted by Gasteiger charge is 2.21. The highest BCUT2D eigenvalue weighted by molar-refractivity contribution is 5.26. The average Bonchev–Trinajstić information content (AvgIpc) is 3.17. The maximum absolute atomic E-state index is 13.5. The predicted molar refractivity (Wildman–Crippen MR) is 69.3 cm³/mol. The van der Waals surface area contributed by atoms with E-state index in [1.54, 1.807) is 6.26 Å². The van der Waals surface area contributed by atoms with Crippen molar-refractivity contribution in [2.45, 2.75) is 32.0 Å². The lowest BCUT2D eigenvalue weighted by Gasteiger charge is -2.08. The number of halogens is 2. The van der Waals surface area contributed by atoms with Crippen LogP contribution in [0, 0.1) is 11.6 Å². The molecule has 0 unspecified atom stereocenters. The molecular weight excluding hydrogens is 264 g/mol. The molecule has 1 aliphatic rings. The van der Waals surface area contributed by atoms with Gasteiger partial charge in [-0.05, 0) is 31.0 Å². The van der Waals surface area contributed by atoms with Crippen LogP contribution in [0.3, 0.4) is 0 Å². The molecule has 0 atom stereocenters. The first-order valence-corrected chi connectivity index (χ1v) is 6.59. The molecule has 2 aromatic rings. The summed E-state index contributed by atoms with van der Waals surface area (Å²) in [6.07, 6.45) is 3.99. The first kappa shape index (κ1) is 13.1. The fraction of sp³-hybridized carbons (Fsp3) is 0.333. The van der Waals surface area contributed by atoms with Crippen LogP contribution in [0.5, 0.6) is 5.75 Å². The van der Waals surface area contributed by atoms with Crippen LogP contribution in [0.15, 0.2) is 34.9 Å². The summed E-state index contributed by atoms with van der Waals surface area (Å²) in [6, 6.07) is 6.31. The molecule has 1 fully saturated rings. The number of benzene rings is 1. The molecular formula is C15H15F2NO2. The van der Waals surface area contributed by atoms with Crippen molar-refractivity contribution in [3.63, 3.8) is 0 Å². The predicted octanol–water partition coefficient (Wildman–Crippen LogP) is 3.39. The number of hydrogen-bond donors (Lipinski definition) is 1. The molecule has 3 nitrogen and oxygen atoms in total. The van der Waals surface area contributed by atoms with Crippen LogP contribution in [0.25, 0.3) is 0 Å². The Morgan fingerprint density at radius 2 is 2.10 bits per heavy atom. The lowest BCUT2D eigenvalue weighted by Crippen LogP contribution is -2.16. The molecule has 0 amide bonds. The Morgan fingerprint density at radius 1 is 1.25 bits per heavy atom. The quantitative estimate of drug-likeness (QED) is 0.880. The van der Waals surface area contributed by atoms with Gasteiger partial charge in [0.15, 0.2) is 11.6 Å². The zero-order valence-corrected chi connectivity index (χ0v) is 10.9. The van der Waals surface area contributed by atoms with Crippen molar-refractivity contribution in [1.29, 1.82) is 0 Å². The Hall–Kier alpha value is -1.88. The maximum Gasteiger partial charge on any atom is 0.200 e. The second-order valence-electron chi connectivity index (χ2n) is 4.86. The van der Waals surface area contributed by atoms with Crippen LogP contribution < -0.4 is 10.1 Å². The largest absolute Gasteiger partial charge is 0.482 e.